The second kappa shape index (κ2) is 8.47. The standard InChI is InChI=1S/C16H20F2N2O3/c17-15(18)23-13-8-4-5-11(9-13)14(21)10-19-16(22)20-12-6-2-1-3-7-12/h1-2,4-5,8-9,12,14-15,21H,3,6-7,10H2,(H2,19,20,22). The maximum atomic E-state index is 12.2. The number of halogens is 2. The van der Waals surface area contributed by atoms with Gasteiger partial charge in [0, 0.05) is 12.6 Å². The molecule has 0 bridgehead atoms. The highest BCUT2D eigenvalue weighted by Crippen LogP contribution is 2.20. The normalized spacial score (nSPS) is 18.5. The van der Waals surface area contributed by atoms with Crippen LogP contribution in [0.15, 0.2) is 36.4 Å². The fraction of sp³-hybridized carbons (Fsp3) is 0.438. The van der Waals surface area contributed by atoms with Crippen LogP contribution < -0.4 is 15.4 Å². The molecule has 1 aromatic carbocycles. The van der Waals surface area contributed by atoms with Gasteiger partial charge in [-0.3, -0.25) is 0 Å². The Morgan fingerprint density at radius 2 is 2.22 bits per heavy atom. The Bertz CT molecular complexity index is 552. The van der Waals surface area contributed by atoms with Crippen molar-refractivity contribution in [1.82, 2.24) is 10.6 Å². The van der Waals surface area contributed by atoms with Crippen LogP contribution in [-0.4, -0.2) is 30.3 Å². The van der Waals surface area contributed by atoms with E-state index in [0.717, 1.165) is 19.3 Å². The molecule has 0 aromatic heterocycles. The van der Waals surface area contributed by atoms with E-state index in [1.54, 1.807) is 6.07 Å². The van der Waals surface area contributed by atoms with Crippen LogP contribution in [0.2, 0.25) is 0 Å². The van der Waals surface area contributed by atoms with E-state index in [2.05, 4.69) is 21.4 Å². The van der Waals surface area contributed by atoms with E-state index in [0.29, 0.717) is 5.56 Å². The average molecular weight is 326 g/mol. The summed E-state index contributed by atoms with van der Waals surface area (Å²) in [6, 6.07) is 5.52. The van der Waals surface area contributed by atoms with Gasteiger partial charge in [0.1, 0.15) is 5.75 Å². The largest absolute Gasteiger partial charge is 0.435 e. The van der Waals surface area contributed by atoms with Crippen LogP contribution in [0.1, 0.15) is 30.9 Å². The van der Waals surface area contributed by atoms with E-state index in [1.807, 2.05) is 6.08 Å². The monoisotopic (exact) mass is 326 g/mol. The van der Waals surface area contributed by atoms with Gasteiger partial charge in [-0.1, -0.05) is 24.3 Å². The average Bonchev–Trinajstić information content (AvgIpc) is 2.53. The quantitative estimate of drug-likeness (QED) is 0.704. The molecule has 0 aliphatic heterocycles. The molecule has 2 unspecified atom stereocenters. The summed E-state index contributed by atoms with van der Waals surface area (Å²) in [5, 5.41) is 15.4. The molecule has 2 amide bonds. The van der Waals surface area contributed by atoms with E-state index < -0.39 is 12.7 Å². The van der Waals surface area contributed by atoms with Gasteiger partial charge in [0.2, 0.25) is 0 Å². The summed E-state index contributed by atoms with van der Waals surface area (Å²) < 4.78 is 28.6. The molecule has 0 radical (unpaired) electrons. The Morgan fingerprint density at radius 1 is 1.39 bits per heavy atom. The number of hydrogen-bond acceptors (Lipinski definition) is 3. The minimum absolute atomic E-state index is 0.0213. The van der Waals surface area contributed by atoms with Crippen molar-refractivity contribution < 1.29 is 23.4 Å². The number of amides is 2. The summed E-state index contributed by atoms with van der Waals surface area (Å²) in [7, 11) is 0. The minimum atomic E-state index is -2.92. The fourth-order valence-electron chi connectivity index (χ4n) is 2.37. The number of urea groups is 1. The third kappa shape index (κ3) is 5.86. The smallest absolute Gasteiger partial charge is 0.387 e. The molecule has 0 heterocycles. The number of nitrogens with one attached hydrogen (secondary N) is 2. The molecule has 2 atom stereocenters. The number of ether oxygens (including phenoxy) is 1. The summed E-state index contributed by atoms with van der Waals surface area (Å²) in [6.45, 7) is -2.94. The number of hydrogen-bond donors (Lipinski definition) is 3. The van der Waals surface area contributed by atoms with Crippen LogP contribution in [0, 0.1) is 0 Å². The van der Waals surface area contributed by atoms with E-state index in [4.69, 9.17) is 0 Å². The van der Waals surface area contributed by atoms with Crippen molar-refractivity contribution in [3.8, 4) is 5.75 Å². The van der Waals surface area contributed by atoms with Gasteiger partial charge in [0.05, 0.1) is 6.10 Å². The van der Waals surface area contributed by atoms with E-state index in [1.165, 1.54) is 18.2 Å². The molecule has 0 saturated carbocycles. The molecule has 0 fully saturated rings. The lowest BCUT2D eigenvalue weighted by Gasteiger charge is -2.20. The zero-order chi connectivity index (χ0) is 16.7. The fourth-order valence-corrected chi connectivity index (χ4v) is 2.37. The third-order valence-corrected chi connectivity index (χ3v) is 3.53. The van der Waals surface area contributed by atoms with Crippen molar-refractivity contribution in [2.75, 3.05) is 6.54 Å². The van der Waals surface area contributed by atoms with E-state index in [9.17, 15) is 18.7 Å². The summed E-state index contributed by atoms with van der Waals surface area (Å²) in [5.41, 5.74) is 0.393. The molecule has 7 heteroatoms. The van der Waals surface area contributed by atoms with Gasteiger partial charge in [-0.15, -0.1) is 0 Å². The number of carbonyl (C=O) groups is 1. The van der Waals surface area contributed by atoms with Crippen molar-refractivity contribution in [2.24, 2.45) is 0 Å². The van der Waals surface area contributed by atoms with Crippen molar-refractivity contribution in [3.63, 3.8) is 0 Å². The lowest BCUT2D eigenvalue weighted by molar-refractivity contribution is -0.0499. The van der Waals surface area contributed by atoms with Crippen molar-refractivity contribution in [1.29, 1.82) is 0 Å². The van der Waals surface area contributed by atoms with Gasteiger partial charge >= 0.3 is 12.6 Å². The van der Waals surface area contributed by atoms with Crippen LogP contribution in [0.25, 0.3) is 0 Å². The molecule has 1 aliphatic carbocycles. The molecule has 1 aliphatic rings. The Balaban J connectivity index is 1.80. The first kappa shape index (κ1) is 17.2. The molecule has 5 nitrogen and oxygen atoms in total. The number of rotatable bonds is 6. The first-order chi connectivity index (χ1) is 11.0. The molecule has 3 N–H and O–H groups in total. The zero-order valence-electron chi connectivity index (χ0n) is 12.5. The van der Waals surface area contributed by atoms with E-state index >= 15 is 0 Å². The number of aliphatic hydroxyl groups excluding tert-OH is 1. The molecule has 126 valence electrons. The molecule has 2 rings (SSSR count). The van der Waals surface area contributed by atoms with Gasteiger partial charge in [-0.05, 0) is 37.0 Å². The van der Waals surface area contributed by atoms with Gasteiger partial charge < -0.3 is 20.5 Å². The first-order valence-corrected chi connectivity index (χ1v) is 7.47. The number of carbonyl (C=O) groups excluding carboxylic acids is 1. The van der Waals surface area contributed by atoms with Gasteiger partial charge in [0.15, 0.2) is 0 Å². The van der Waals surface area contributed by atoms with Gasteiger partial charge in [-0.25, -0.2) is 4.79 Å². The number of alkyl halides is 2. The Hall–Kier alpha value is -2.15. The molecular weight excluding hydrogens is 306 g/mol. The zero-order valence-corrected chi connectivity index (χ0v) is 12.5. The lowest BCUT2D eigenvalue weighted by Crippen LogP contribution is -2.43. The Morgan fingerprint density at radius 3 is 2.91 bits per heavy atom. The van der Waals surface area contributed by atoms with Crippen molar-refractivity contribution in [2.45, 2.75) is 38.0 Å². The second-order valence-corrected chi connectivity index (χ2v) is 5.30. The highest BCUT2D eigenvalue weighted by atomic mass is 19.3. The molecular formula is C16H20F2N2O3. The predicted molar refractivity (Wildman–Crippen MR) is 81.3 cm³/mol. The highest BCUT2D eigenvalue weighted by molar-refractivity contribution is 5.74. The summed E-state index contributed by atoms with van der Waals surface area (Å²) in [6.07, 6.45) is 5.72. The summed E-state index contributed by atoms with van der Waals surface area (Å²) >= 11 is 0. The predicted octanol–water partition coefficient (Wildman–Crippen LogP) is 2.73. The Labute approximate surface area is 133 Å². The summed E-state index contributed by atoms with van der Waals surface area (Å²) in [4.78, 5) is 11.8. The second-order valence-electron chi connectivity index (χ2n) is 5.30. The van der Waals surface area contributed by atoms with Crippen LogP contribution >= 0.6 is 0 Å². The van der Waals surface area contributed by atoms with E-state index in [-0.39, 0.29) is 24.4 Å². The number of aliphatic hydroxyl groups is 1. The van der Waals surface area contributed by atoms with Crippen LogP contribution in [0.4, 0.5) is 13.6 Å². The Kier molecular flexibility index (Phi) is 6.34. The van der Waals surface area contributed by atoms with Crippen molar-refractivity contribution in [3.05, 3.63) is 42.0 Å². The van der Waals surface area contributed by atoms with Crippen LogP contribution in [-0.2, 0) is 0 Å². The van der Waals surface area contributed by atoms with Crippen LogP contribution in [0.3, 0.4) is 0 Å². The maximum Gasteiger partial charge on any atom is 0.387 e. The molecule has 23 heavy (non-hydrogen) atoms. The third-order valence-electron chi connectivity index (χ3n) is 3.53. The lowest BCUT2D eigenvalue weighted by atomic mass is 10.0. The topological polar surface area (TPSA) is 70.6 Å². The van der Waals surface area contributed by atoms with Gasteiger partial charge in [0.25, 0.3) is 0 Å². The highest BCUT2D eigenvalue weighted by Gasteiger charge is 2.15. The first-order valence-electron chi connectivity index (χ1n) is 7.47. The SMILES string of the molecule is O=C(NCC(O)c1cccc(OC(F)F)c1)NC1CC=CCC1. The number of allylic oxidation sites excluding steroid dienone is 1. The maximum absolute atomic E-state index is 12.2. The molecule has 1 aromatic rings. The van der Waals surface area contributed by atoms with Gasteiger partial charge in [-0.2, -0.15) is 8.78 Å². The molecule has 0 spiro atoms. The number of benzene rings is 1. The molecule has 0 saturated heterocycles. The summed E-state index contributed by atoms with van der Waals surface area (Å²) in [5.74, 6) is -0.0324. The van der Waals surface area contributed by atoms with Crippen molar-refractivity contribution >= 4 is 6.03 Å². The van der Waals surface area contributed by atoms with Crippen LogP contribution in [0.5, 0.6) is 5.75 Å². The minimum Gasteiger partial charge on any atom is -0.435 e.